The quantitative estimate of drug-likeness (QED) is 0.644. The molecule has 7 heteroatoms. The van der Waals surface area contributed by atoms with Crippen LogP contribution >= 0.6 is 23.2 Å². The Morgan fingerprint density at radius 1 is 1.31 bits per heavy atom. The van der Waals surface area contributed by atoms with E-state index in [2.05, 4.69) is 10.3 Å². The summed E-state index contributed by atoms with van der Waals surface area (Å²) in [5, 5.41) is 14.6. The zero-order valence-electron chi connectivity index (χ0n) is 13.9. The summed E-state index contributed by atoms with van der Waals surface area (Å²) in [5.74, 6) is 0.0656. The number of rotatable bonds is 5. The fourth-order valence-electron chi connectivity index (χ4n) is 2.76. The number of methoxy groups -OCH3 is 1. The minimum absolute atomic E-state index is 0.0410. The predicted molar refractivity (Wildman–Crippen MR) is 102 cm³/mol. The lowest BCUT2D eigenvalue weighted by Gasteiger charge is -2.21. The van der Waals surface area contributed by atoms with Gasteiger partial charge >= 0.3 is 0 Å². The van der Waals surface area contributed by atoms with Gasteiger partial charge in [0.2, 0.25) is 5.91 Å². The molecule has 0 saturated heterocycles. The summed E-state index contributed by atoms with van der Waals surface area (Å²) in [6.07, 6.45) is 1.57. The van der Waals surface area contributed by atoms with Crippen LogP contribution in [0.15, 0.2) is 48.7 Å². The topological polar surface area (TPSA) is 71.5 Å². The molecule has 0 aliphatic heterocycles. The third-order valence-corrected chi connectivity index (χ3v) is 4.59. The van der Waals surface area contributed by atoms with Gasteiger partial charge in [-0.15, -0.1) is 11.6 Å². The number of alkyl halides is 1. The number of hydrogen-bond donors (Lipinski definition) is 2. The van der Waals surface area contributed by atoms with E-state index in [-0.39, 0.29) is 17.5 Å². The second-order valence-electron chi connectivity index (χ2n) is 5.60. The van der Waals surface area contributed by atoms with E-state index in [9.17, 15) is 9.90 Å². The van der Waals surface area contributed by atoms with Gasteiger partial charge in [-0.25, -0.2) is 0 Å². The van der Waals surface area contributed by atoms with Crippen molar-refractivity contribution in [2.45, 2.75) is 6.04 Å². The van der Waals surface area contributed by atoms with Gasteiger partial charge in [0, 0.05) is 17.1 Å². The van der Waals surface area contributed by atoms with Crippen LogP contribution in [-0.4, -0.2) is 29.0 Å². The molecule has 0 spiro atoms. The Labute approximate surface area is 160 Å². The summed E-state index contributed by atoms with van der Waals surface area (Å²) in [4.78, 5) is 16.2. The van der Waals surface area contributed by atoms with Gasteiger partial charge in [-0.3, -0.25) is 9.78 Å². The molecule has 5 nitrogen and oxygen atoms in total. The van der Waals surface area contributed by atoms with Gasteiger partial charge < -0.3 is 15.2 Å². The van der Waals surface area contributed by atoms with Crippen LogP contribution in [0.5, 0.6) is 11.5 Å². The van der Waals surface area contributed by atoms with E-state index in [0.717, 1.165) is 5.56 Å². The number of benzene rings is 2. The standard InChI is InChI=1S/C19H16Cl2N2O3/c1-26-12-6-4-11(5-7-12)17(23-16(24)10-20)14-9-15(21)13-3-2-8-22-18(13)19(14)25/h2-9,17,25H,10H2,1H3,(H,23,24). The molecule has 0 aliphatic carbocycles. The Morgan fingerprint density at radius 2 is 2.04 bits per heavy atom. The van der Waals surface area contributed by atoms with E-state index in [4.69, 9.17) is 27.9 Å². The third kappa shape index (κ3) is 3.54. The molecule has 0 aliphatic rings. The van der Waals surface area contributed by atoms with Crippen molar-refractivity contribution in [3.05, 3.63) is 64.8 Å². The van der Waals surface area contributed by atoms with E-state index in [1.165, 1.54) is 0 Å². The number of amides is 1. The summed E-state index contributed by atoms with van der Waals surface area (Å²) >= 11 is 12.0. The Balaban J connectivity index is 2.16. The van der Waals surface area contributed by atoms with Crippen LogP contribution in [0.3, 0.4) is 0 Å². The number of nitrogens with one attached hydrogen (secondary N) is 1. The zero-order valence-corrected chi connectivity index (χ0v) is 15.4. The van der Waals surface area contributed by atoms with Gasteiger partial charge in [0.15, 0.2) is 0 Å². The first kappa shape index (κ1) is 18.3. The van der Waals surface area contributed by atoms with Gasteiger partial charge in [0.05, 0.1) is 18.2 Å². The highest BCUT2D eigenvalue weighted by Crippen LogP contribution is 2.38. The Hall–Kier alpha value is -2.50. The smallest absolute Gasteiger partial charge is 0.235 e. The van der Waals surface area contributed by atoms with Gasteiger partial charge in [-0.1, -0.05) is 23.7 Å². The lowest BCUT2D eigenvalue weighted by atomic mass is 9.96. The number of aromatic hydroxyl groups is 1. The Bertz CT molecular complexity index is 945. The fourth-order valence-corrected chi connectivity index (χ4v) is 3.11. The molecule has 0 saturated carbocycles. The van der Waals surface area contributed by atoms with Crippen LogP contribution in [0, 0.1) is 0 Å². The number of hydrogen-bond acceptors (Lipinski definition) is 4. The molecule has 1 heterocycles. The molecule has 2 aromatic carbocycles. The molecule has 1 aromatic heterocycles. The molecule has 134 valence electrons. The summed E-state index contributed by atoms with van der Waals surface area (Å²) in [5.41, 5.74) is 1.55. The Kier molecular flexibility index (Phi) is 5.49. The van der Waals surface area contributed by atoms with Crippen LogP contribution in [0.1, 0.15) is 17.2 Å². The minimum atomic E-state index is -0.643. The first-order chi connectivity index (χ1) is 12.5. The number of pyridine rings is 1. The largest absolute Gasteiger partial charge is 0.505 e. The van der Waals surface area contributed by atoms with Crippen molar-refractivity contribution in [2.24, 2.45) is 0 Å². The molecular formula is C19H16Cl2N2O3. The van der Waals surface area contributed by atoms with Crippen molar-refractivity contribution >= 4 is 40.0 Å². The first-order valence-corrected chi connectivity index (χ1v) is 8.71. The molecule has 1 unspecified atom stereocenters. The van der Waals surface area contributed by atoms with Gasteiger partial charge in [-0.2, -0.15) is 0 Å². The molecule has 3 rings (SSSR count). The number of phenols is 1. The van der Waals surface area contributed by atoms with Crippen molar-refractivity contribution in [1.29, 1.82) is 0 Å². The van der Waals surface area contributed by atoms with E-state index >= 15 is 0 Å². The normalized spacial score (nSPS) is 12.0. The van der Waals surface area contributed by atoms with Crippen molar-refractivity contribution in [3.63, 3.8) is 0 Å². The van der Waals surface area contributed by atoms with Gasteiger partial charge in [0.25, 0.3) is 0 Å². The highest BCUT2D eigenvalue weighted by Gasteiger charge is 2.23. The van der Waals surface area contributed by atoms with Crippen LogP contribution in [0.2, 0.25) is 5.02 Å². The number of carbonyl (C=O) groups is 1. The lowest BCUT2D eigenvalue weighted by Crippen LogP contribution is -2.30. The zero-order chi connectivity index (χ0) is 18.7. The van der Waals surface area contributed by atoms with Crippen molar-refractivity contribution in [1.82, 2.24) is 10.3 Å². The number of ether oxygens (including phenoxy) is 1. The number of carbonyl (C=O) groups excluding carboxylic acids is 1. The molecule has 0 fully saturated rings. The second kappa shape index (κ2) is 7.81. The molecular weight excluding hydrogens is 375 g/mol. The number of nitrogens with zero attached hydrogens (tertiary/aromatic N) is 1. The van der Waals surface area contributed by atoms with Crippen LogP contribution in [-0.2, 0) is 4.79 Å². The van der Waals surface area contributed by atoms with E-state index in [1.54, 1.807) is 55.8 Å². The van der Waals surface area contributed by atoms with Gasteiger partial charge in [-0.05, 0) is 35.9 Å². The summed E-state index contributed by atoms with van der Waals surface area (Å²) in [6.45, 7) is 0. The predicted octanol–water partition coefficient (Wildman–Crippen LogP) is 4.05. The maximum atomic E-state index is 12.0. The van der Waals surface area contributed by atoms with Crippen LogP contribution in [0.4, 0.5) is 0 Å². The molecule has 3 aromatic rings. The molecule has 26 heavy (non-hydrogen) atoms. The van der Waals surface area contributed by atoms with Crippen LogP contribution < -0.4 is 10.1 Å². The SMILES string of the molecule is COc1ccc(C(NC(=O)CCl)c2cc(Cl)c3cccnc3c2O)cc1. The van der Waals surface area contributed by atoms with Crippen LogP contribution in [0.25, 0.3) is 10.9 Å². The fraction of sp³-hybridized carbons (Fsp3) is 0.158. The maximum absolute atomic E-state index is 12.0. The highest BCUT2D eigenvalue weighted by atomic mass is 35.5. The lowest BCUT2D eigenvalue weighted by molar-refractivity contribution is -0.119. The summed E-state index contributed by atoms with van der Waals surface area (Å²) in [6, 6.07) is 11.6. The van der Waals surface area contributed by atoms with E-state index in [1.807, 2.05) is 0 Å². The van der Waals surface area contributed by atoms with Crippen molar-refractivity contribution < 1.29 is 14.6 Å². The highest BCUT2D eigenvalue weighted by molar-refractivity contribution is 6.35. The van der Waals surface area contributed by atoms with E-state index < -0.39 is 6.04 Å². The molecule has 0 bridgehead atoms. The average molecular weight is 391 g/mol. The minimum Gasteiger partial charge on any atom is -0.505 e. The molecule has 2 N–H and O–H groups in total. The van der Waals surface area contributed by atoms with Crippen molar-refractivity contribution in [2.75, 3.05) is 13.0 Å². The monoisotopic (exact) mass is 390 g/mol. The first-order valence-electron chi connectivity index (χ1n) is 7.80. The second-order valence-corrected chi connectivity index (χ2v) is 6.28. The van der Waals surface area contributed by atoms with Crippen molar-refractivity contribution in [3.8, 4) is 11.5 Å². The molecule has 1 atom stereocenters. The Morgan fingerprint density at radius 3 is 2.69 bits per heavy atom. The number of aromatic nitrogens is 1. The molecule has 0 radical (unpaired) electrons. The van der Waals surface area contributed by atoms with E-state index in [0.29, 0.717) is 27.2 Å². The number of fused-ring (bicyclic) bond motifs is 1. The summed E-state index contributed by atoms with van der Waals surface area (Å²) in [7, 11) is 1.57. The maximum Gasteiger partial charge on any atom is 0.235 e. The number of phenolic OH excluding ortho intramolecular Hbond substituents is 1. The molecule has 1 amide bonds. The average Bonchev–Trinajstić information content (AvgIpc) is 2.69. The number of halogens is 2. The summed E-state index contributed by atoms with van der Waals surface area (Å²) < 4.78 is 5.17. The van der Waals surface area contributed by atoms with Gasteiger partial charge in [0.1, 0.15) is 22.9 Å². The third-order valence-electron chi connectivity index (χ3n) is 4.03.